The number of sulfone groups is 1. The lowest BCUT2D eigenvalue weighted by Gasteiger charge is -2.34. The van der Waals surface area contributed by atoms with E-state index in [2.05, 4.69) is 94.3 Å². The monoisotopic (exact) mass is 1190 g/mol. The molecule has 11 rings (SSSR count). The van der Waals surface area contributed by atoms with E-state index in [0.29, 0.717) is 57.9 Å². The molecule has 0 fully saturated rings. The molecule has 0 unspecified atom stereocenters. The van der Waals surface area contributed by atoms with Crippen molar-refractivity contribution in [2.75, 3.05) is 7.11 Å². The maximum absolute atomic E-state index is 13.6. The summed E-state index contributed by atoms with van der Waals surface area (Å²) < 4.78 is 95.6. The molecule has 84 heavy (non-hydrogen) atoms. The van der Waals surface area contributed by atoms with Crippen LogP contribution >= 0.6 is 23.8 Å². The van der Waals surface area contributed by atoms with E-state index in [1.165, 1.54) is 37.1 Å². The van der Waals surface area contributed by atoms with Gasteiger partial charge in [0.15, 0.2) is 0 Å². The van der Waals surface area contributed by atoms with E-state index in [1.54, 1.807) is 48.5 Å². The first-order valence-corrected chi connectivity index (χ1v) is 29.9. The lowest BCUT2D eigenvalue weighted by molar-refractivity contribution is -0.432. The predicted molar refractivity (Wildman–Crippen MR) is 313 cm³/mol. The maximum atomic E-state index is 13.6. The van der Waals surface area contributed by atoms with Crippen molar-refractivity contribution in [1.82, 2.24) is 0 Å². The van der Waals surface area contributed by atoms with Crippen LogP contribution in [0, 0.1) is 29.6 Å². The van der Waals surface area contributed by atoms with Gasteiger partial charge in [-0.3, -0.25) is 4.55 Å². The van der Waals surface area contributed by atoms with Gasteiger partial charge in [-0.2, -0.15) is 18.9 Å². The van der Waals surface area contributed by atoms with Crippen LogP contribution in [-0.4, -0.2) is 33.8 Å². The topological polar surface area (TPSA) is 221 Å². The minimum Gasteiger partial charge on any atom is -0.495 e. The number of methoxy groups -OCH3 is 1. The van der Waals surface area contributed by atoms with E-state index >= 15 is 0 Å². The predicted octanol–water partition coefficient (Wildman–Crippen LogP) is 15.9. The molecule has 1 aliphatic carbocycles. The standard InChI is InChI=1S/C65H44N2O13S4/c1-41-9-7-14-58(54(41)39-66)75-44-21-17-42(18-22-44)65(56-12-5-3-10-52(56)53-11-4-6-13-57(53)65)43-19-23-45(24-20-43)76-59-15-8-16-60(55(59)40-67)77-46-25-29-48(30-26-46)81-49-31-27-47(28-32-49)78-61-35-33-50(37-63(61)82-80-79-68)83(69,70)51-34-36-62(74-2)64(38-51)84(71,72)73/h3-38,68H,1-2H3,(H,71,72,73). The van der Waals surface area contributed by atoms with Crippen molar-refractivity contribution in [3.63, 3.8) is 0 Å². The number of benzene rings is 10. The Hall–Kier alpha value is -9.38. The molecule has 0 bridgehead atoms. The van der Waals surface area contributed by atoms with Crippen molar-refractivity contribution >= 4 is 43.8 Å². The van der Waals surface area contributed by atoms with Crippen LogP contribution < -0.4 is 23.7 Å². The van der Waals surface area contributed by atoms with Gasteiger partial charge in [-0.05, 0) is 173 Å². The molecule has 0 saturated heterocycles. The molecular formula is C65H44N2O13S4. The highest BCUT2D eigenvalue weighted by Crippen LogP contribution is 2.56. The number of nitrogens with zero attached hydrogens (tertiary/aromatic N) is 2. The van der Waals surface area contributed by atoms with Crippen LogP contribution in [0.15, 0.2) is 248 Å². The number of hydrogen-bond acceptors (Lipinski definition) is 16. The van der Waals surface area contributed by atoms with Gasteiger partial charge in [0.2, 0.25) is 9.84 Å². The van der Waals surface area contributed by atoms with Gasteiger partial charge in [0.1, 0.15) is 74.3 Å². The van der Waals surface area contributed by atoms with E-state index in [-0.39, 0.29) is 26.9 Å². The summed E-state index contributed by atoms with van der Waals surface area (Å²) >= 11 is 1.91. The van der Waals surface area contributed by atoms with Crippen LogP contribution in [0.4, 0.5) is 0 Å². The molecule has 10 aromatic carbocycles. The zero-order chi connectivity index (χ0) is 58.6. The van der Waals surface area contributed by atoms with Gasteiger partial charge >= 0.3 is 0 Å². The summed E-state index contributed by atoms with van der Waals surface area (Å²) in [6, 6.07) is 69.3. The third kappa shape index (κ3) is 11.2. The molecule has 19 heteroatoms. The first kappa shape index (κ1) is 56.5. The second kappa shape index (κ2) is 23.8. The van der Waals surface area contributed by atoms with Gasteiger partial charge in [-0.15, -0.1) is 4.33 Å². The summed E-state index contributed by atoms with van der Waals surface area (Å²) in [4.78, 5) is 0.311. The van der Waals surface area contributed by atoms with E-state index < -0.39 is 35.2 Å². The van der Waals surface area contributed by atoms with Gasteiger partial charge in [0, 0.05) is 9.79 Å². The summed E-state index contributed by atoms with van der Waals surface area (Å²) in [6.07, 6.45) is 0. The Kier molecular flexibility index (Phi) is 16.0. The largest absolute Gasteiger partial charge is 0.495 e. The van der Waals surface area contributed by atoms with Crippen LogP contribution in [0.2, 0.25) is 0 Å². The molecule has 15 nitrogen and oxygen atoms in total. The van der Waals surface area contributed by atoms with Gasteiger partial charge in [0.05, 0.1) is 44.8 Å². The molecule has 416 valence electrons. The third-order valence-corrected chi connectivity index (χ3v) is 18.1. The quantitative estimate of drug-likeness (QED) is 0.0332. The normalized spacial score (nSPS) is 12.3. The van der Waals surface area contributed by atoms with Crippen LogP contribution in [0.1, 0.15) is 38.9 Å². The van der Waals surface area contributed by atoms with Crippen molar-refractivity contribution in [2.24, 2.45) is 0 Å². The summed E-state index contributed by atoms with van der Waals surface area (Å²) in [5.74, 6) is 2.95. The Balaban J connectivity index is 0.776. The first-order valence-electron chi connectivity index (χ1n) is 25.4. The number of aryl methyl sites for hydroxylation is 1. The Morgan fingerprint density at radius 3 is 1.40 bits per heavy atom. The van der Waals surface area contributed by atoms with Crippen molar-refractivity contribution in [1.29, 1.82) is 10.5 Å². The Labute approximate surface area is 492 Å². The van der Waals surface area contributed by atoms with Gasteiger partial charge < -0.3 is 23.7 Å². The second-order valence-corrected chi connectivity index (χ2v) is 24.0. The zero-order valence-electron chi connectivity index (χ0n) is 44.2. The fourth-order valence-corrected chi connectivity index (χ4v) is 13.5. The number of rotatable bonds is 19. The summed E-state index contributed by atoms with van der Waals surface area (Å²) in [7, 11) is -8.05. The minimum absolute atomic E-state index is 0.0660. The molecule has 0 saturated carbocycles. The first-order chi connectivity index (χ1) is 40.7. The fourth-order valence-electron chi connectivity index (χ4n) is 10.0. The molecule has 0 amide bonds. The highest BCUT2D eigenvalue weighted by molar-refractivity contribution is 7.99. The van der Waals surface area contributed by atoms with Crippen LogP contribution in [0.25, 0.3) is 11.1 Å². The molecule has 0 radical (unpaired) electrons. The smallest absolute Gasteiger partial charge is 0.298 e. The second-order valence-electron chi connectivity index (χ2n) is 18.8. The Morgan fingerprint density at radius 1 is 0.488 bits per heavy atom. The number of fused-ring (bicyclic) bond motifs is 3. The molecule has 2 N–H and O–H groups in total. The zero-order valence-corrected chi connectivity index (χ0v) is 47.5. The molecule has 0 heterocycles. The highest BCUT2D eigenvalue weighted by Gasteiger charge is 2.46. The molecule has 10 aromatic rings. The lowest BCUT2D eigenvalue weighted by atomic mass is 9.68. The SMILES string of the molecule is COc1ccc(S(=O)(=O)c2ccc(Oc3ccc(Sc4ccc(Oc5cccc(Oc6ccc(C7(c8ccc(Oc9cccc(C)c9C#N)cc8)c8ccccc8-c8ccccc87)cc6)c5C#N)cc4)cc3)c(SOOO)c2)cc1S(=O)(=O)O. The van der Waals surface area contributed by atoms with Crippen LogP contribution in [0.3, 0.4) is 0 Å². The van der Waals surface area contributed by atoms with E-state index in [9.17, 15) is 31.9 Å². The van der Waals surface area contributed by atoms with E-state index in [4.69, 9.17) is 28.9 Å². The number of nitriles is 2. The Bertz CT molecular complexity index is 4410. The van der Waals surface area contributed by atoms with Crippen LogP contribution in [0.5, 0.6) is 51.7 Å². The Morgan fingerprint density at radius 2 is 0.929 bits per heavy atom. The fraction of sp³-hybridized carbons (Fsp3) is 0.0462. The molecule has 0 spiro atoms. The van der Waals surface area contributed by atoms with Crippen molar-refractivity contribution in [2.45, 2.75) is 41.7 Å². The molecule has 1 aliphatic rings. The van der Waals surface area contributed by atoms with Crippen molar-refractivity contribution in [3.05, 3.63) is 257 Å². The van der Waals surface area contributed by atoms with Crippen LogP contribution in [-0.2, 0) is 34.7 Å². The van der Waals surface area contributed by atoms with Gasteiger partial charge in [0.25, 0.3) is 10.1 Å². The average Bonchev–Trinajstić information content (AvgIpc) is 1.56. The van der Waals surface area contributed by atoms with Gasteiger partial charge in [-0.25, -0.2) is 13.7 Å². The van der Waals surface area contributed by atoms with Crippen molar-refractivity contribution in [3.8, 4) is 75.0 Å². The molecular weight excluding hydrogens is 1140 g/mol. The number of hydrogen-bond donors (Lipinski definition) is 2. The number of ether oxygens (including phenoxy) is 5. The van der Waals surface area contributed by atoms with Gasteiger partial charge in [-0.1, -0.05) is 108 Å². The maximum Gasteiger partial charge on any atom is 0.298 e. The van der Waals surface area contributed by atoms with E-state index in [0.717, 1.165) is 66.9 Å². The third-order valence-electron chi connectivity index (χ3n) is 13.9. The molecule has 0 aliphatic heterocycles. The summed E-state index contributed by atoms with van der Waals surface area (Å²) in [6.45, 7) is 1.89. The summed E-state index contributed by atoms with van der Waals surface area (Å²) in [5, 5.41) is 33.0. The van der Waals surface area contributed by atoms with Crippen molar-refractivity contribution < 1.29 is 59.7 Å². The average molecular weight is 1190 g/mol. The summed E-state index contributed by atoms with van der Waals surface area (Å²) in [5.41, 5.74) is 7.35. The molecule has 0 aromatic heterocycles. The highest BCUT2D eigenvalue weighted by atomic mass is 32.2. The lowest BCUT2D eigenvalue weighted by Crippen LogP contribution is -2.28. The minimum atomic E-state index is -4.84. The molecule has 0 atom stereocenters. The van der Waals surface area contributed by atoms with E-state index in [1.807, 2.05) is 67.6 Å².